The maximum atomic E-state index is 12.8. The standard InChI is InChI=1S/C38H50N4O7S/c1-8-19-42(6)32(44)23-41(5)20-18-39-37(48)38(3,4)40-31(43)11-9-10-26-13-15-27(16-14-26)21-29-22-28(17-12-25(29)2)36-35(47)34(46)33(45)30(49-36)24-50-7/h1,9-10,12-17,22,30,33-36,45-47H,11,18-21,23H2,2-7H3,(H,39,48)(H,40,43)/b10-9+/t30?,33-,34+,35-,36+/m1/s1. The summed E-state index contributed by atoms with van der Waals surface area (Å²) in [5.74, 6) is 1.70. The number of ether oxygens (including phenoxy) is 1. The topological polar surface area (TPSA) is 152 Å². The normalized spacial score (nSPS) is 20.5. The Morgan fingerprint density at radius 3 is 2.42 bits per heavy atom. The highest BCUT2D eigenvalue weighted by Gasteiger charge is 2.43. The van der Waals surface area contributed by atoms with E-state index < -0.39 is 36.1 Å². The van der Waals surface area contributed by atoms with Gasteiger partial charge in [0.2, 0.25) is 17.7 Å². The maximum absolute atomic E-state index is 12.8. The molecule has 1 fully saturated rings. The van der Waals surface area contributed by atoms with Crippen LogP contribution in [0.2, 0.25) is 0 Å². The molecule has 5 N–H and O–H groups in total. The van der Waals surface area contributed by atoms with Crippen LogP contribution in [0.3, 0.4) is 0 Å². The summed E-state index contributed by atoms with van der Waals surface area (Å²) in [6, 6.07) is 13.7. The molecule has 1 aliphatic heterocycles. The Balaban J connectivity index is 1.50. The van der Waals surface area contributed by atoms with Crippen molar-refractivity contribution in [2.24, 2.45) is 0 Å². The van der Waals surface area contributed by atoms with E-state index in [1.807, 2.05) is 55.5 Å². The molecule has 2 aromatic rings. The molecule has 3 rings (SSSR count). The van der Waals surface area contributed by atoms with E-state index >= 15 is 0 Å². The van der Waals surface area contributed by atoms with E-state index in [2.05, 4.69) is 21.7 Å². The van der Waals surface area contributed by atoms with Gasteiger partial charge in [-0.05, 0) is 62.1 Å². The monoisotopic (exact) mass is 706 g/mol. The van der Waals surface area contributed by atoms with Gasteiger partial charge in [-0.3, -0.25) is 19.3 Å². The minimum atomic E-state index is -1.36. The number of hydrogen-bond acceptors (Lipinski definition) is 8. The number of amides is 3. The second kappa shape index (κ2) is 18.8. The molecule has 2 aromatic carbocycles. The fraction of sp³-hybridized carbons (Fsp3) is 0.474. The van der Waals surface area contributed by atoms with Crippen molar-refractivity contribution in [3.63, 3.8) is 0 Å². The van der Waals surface area contributed by atoms with E-state index in [0.717, 1.165) is 22.3 Å². The van der Waals surface area contributed by atoms with Gasteiger partial charge in [-0.25, -0.2) is 0 Å². The number of aryl methyl sites for hydroxylation is 1. The van der Waals surface area contributed by atoms with E-state index in [0.29, 0.717) is 25.1 Å². The number of aliphatic hydroxyl groups excluding tert-OH is 3. The molecular weight excluding hydrogens is 657 g/mol. The molecule has 5 atom stereocenters. The number of rotatable bonds is 14. The highest BCUT2D eigenvalue weighted by molar-refractivity contribution is 7.87. The summed E-state index contributed by atoms with van der Waals surface area (Å²) in [6.45, 7) is 6.46. The predicted octanol–water partition coefficient (Wildman–Crippen LogP) is 1.87. The molecule has 1 heterocycles. The number of nitrogens with zero attached hydrogens (tertiary/aromatic N) is 2. The molecule has 0 bridgehead atoms. The maximum Gasteiger partial charge on any atom is 0.245 e. The van der Waals surface area contributed by atoms with Crippen LogP contribution in [-0.4, -0.2) is 119 Å². The number of terminal acetylenes is 1. The van der Waals surface area contributed by atoms with Crippen molar-refractivity contribution in [2.75, 3.05) is 46.5 Å². The number of hydrogen-bond donors (Lipinski definition) is 5. The lowest BCUT2D eigenvalue weighted by Gasteiger charge is -2.39. The van der Waals surface area contributed by atoms with E-state index in [-0.39, 0.29) is 37.2 Å². The zero-order chi connectivity index (χ0) is 37.0. The first-order valence-electron chi connectivity index (χ1n) is 16.4. The van der Waals surface area contributed by atoms with Crippen molar-refractivity contribution in [3.8, 4) is 17.5 Å². The van der Waals surface area contributed by atoms with Crippen molar-refractivity contribution in [1.82, 2.24) is 20.4 Å². The fourth-order valence-corrected chi connectivity index (χ4v) is 5.82. The minimum absolute atomic E-state index is 0.0919. The summed E-state index contributed by atoms with van der Waals surface area (Å²) in [5, 5.41) is 39.9. The van der Waals surface area contributed by atoms with Crippen LogP contribution in [0.15, 0.2) is 48.5 Å². The number of aliphatic hydroxyl groups is 3. The number of nitrogens with one attached hydrogen (secondary N) is 2. The van der Waals surface area contributed by atoms with Crippen molar-refractivity contribution in [3.05, 3.63) is 76.4 Å². The third kappa shape index (κ3) is 11.5. The van der Waals surface area contributed by atoms with Gasteiger partial charge in [-0.2, -0.15) is 0 Å². The third-order valence-corrected chi connectivity index (χ3v) is 8.96. The highest BCUT2D eigenvalue weighted by Crippen LogP contribution is 2.33. The fourth-order valence-electron chi connectivity index (χ4n) is 5.39. The lowest BCUT2D eigenvalue weighted by atomic mass is 9.89. The van der Waals surface area contributed by atoms with E-state index in [1.165, 1.54) is 16.1 Å². The van der Waals surface area contributed by atoms with E-state index in [4.69, 9.17) is 11.2 Å². The average Bonchev–Trinajstić information content (AvgIpc) is 3.06. The SMILES string of the molecule is C#CCN(C)C(=O)CN(C)CCNC(=O)C(C)(C)NC(=O)C/C=C/c1ccc(Cc2cc([C@@H]3OC(C#SC)[C@@H](O)[C@H](O)[C@H]3O)ccc2C)cc1. The van der Waals surface area contributed by atoms with Gasteiger partial charge in [0.1, 0.15) is 36.1 Å². The molecule has 1 saturated heterocycles. The number of benzene rings is 2. The lowest BCUT2D eigenvalue weighted by molar-refractivity contribution is -0.209. The number of carbonyl (C=O) groups is 3. The van der Waals surface area contributed by atoms with Crippen LogP contribution < -0.4 is 10.6 Å². The molecule has 0 saturated carbocycles. The molecule has 270 valence electrons. The largest absolute Gasteiger partial charge is 0.387 e. The van der Waals surface area contributed by atoms with Gasteiger partial charge < -0.3 is 35.6 Å². The first kappa shape index (κ1) is 40.4. The molecule has 11 nitrogen and oxygen atoms in total. The summed E-state index contributed by atoms with van der Waals surface area (Å²) in [4.78, 5) is 40.8. The summed E-state index contributed by atoms with van der Waals surface area (Å²) in [7, 11) is 3.42. The average molecular weight is 707 g/mol. The first-order valence-corrected chi connectivity index (χ1v) is 17.7. The molecule has 0 aliphatic carbocycles. The van der Waals surface area contributed by atoms with Gasteiger partial charge in [0.25, 0.3) is 0 Å². The van der Waals surface area contributed by atoms with Crippen LogP contribution in [0.1, 0.15) is 54.2 Å². The lowest BCUT2D eigenvalue weighted by Crippen LogP contribution is -2.55. The van der Waals surface area contributed by atoms with Gasteiger partial charge >= 0.3 is 0 Å². The van der Waals surface area contributed by atoms with Crippen LogP contribution >= 0.6 is 11.2 Å². The van der Waals surface area contributed by atoms with Crippen LogP contribution in [0.4, 0.5) is 0 Å². The molecule has 50 heavy (non-hydrogen) atoms. The van der Waals surface area contributed by atoms with Crippen LogP contribution in [0.25, 0.3) is 6.08 Å². The second-order valence-corrected chi connectivity index (χ2v) is 13.7. The second-order valence-electron chi connectivity index (χ2n) is 13.1. The number of carbonyl (C=O) groups excluding carboxylic acids is 3. The van der Waals surface area contributed by atoms with E-state index in [9.17, 15) is 29.7 Å². The van der Waals surface area contributed by atoms with Crippen LogP contribution in [-0.2, 0) is 25.5 Å². The zero-order valence-electron chi connectivity index (χ0n) is 29.7. The molecular formula is C38H50N4O7S. The summed E-state index contributed by atoms with van der Waals surface area (Å²) in [6.07, 6.45) is 5.79. The third-order valence-electron chi connectivity index (χ3n) is 8.50. The Kier molecular flexibility index (Phi) is 15.2. The molecule has 12 heteroatoms. The molecule has 0 radical (unpaired) electrons. The predicted molar refractivity (Wildman–Crippen MR) is 196 cm³/mol. The van der Waals surface area contributed by atoms with Gasteiger partial charge in [-0.15, -0.1) is 17.6 Å². The Hall–Kier alpha value is -4.05. The van der Waals surface area contributed by atoms with Crippen molar-refractivity contribution in [2.45, 2.75) is 69.7 Å². The van der Waals surface area contributed by atoms with Crippen LogP contribution in [0.5, 0.6) is 0 Å². The van der Waals surface area contributed by atoms with Gasteiger partial charge in [-0.1, -0.05) is 65.7 Å². The molecule has 1 unspecified atom stereocenters. The van der Waals surface area contributed by atoms with Gasteiger partial charge in [0.15, 0.2) is 0 Å². The number of likely N-dealkylation sites (N-methyl/N-ethyl adjacent to an activating group) is 2. The smallest absolute Gasteiger partial charge is 0.245 e. The van der Waals surface area contributed by atoms with Gasteiger partial charge in [0.05, 0.1) is 13.1 Å². The van der Waals surface area contributed by atoms with Crippen molar-refractivity contribution >= 4 is 35.0 Å². The van der Waals surface area contributed by atoms with Crippen molar-refractivity contribution in [1.29, 1.82) is 0 Å². The molecule has 3 amide bonds. The molecule has 0 aromatic heterocycles. The van der Waals surface area contributed by atoms with Crippen molar-refractivity contribution < 1.29 is 34.4 Å². The summed E-state index contributed by atoms with van der Waals surface area (Å²) in [5.41, 5.74) is 3.65. The minimum Gasteiger partial charge on any atom is -0.387 e. The molecule has 1 aliphatic rings. The zero-order valence-corrected chi connectivity index (χ0v) is 30.5. The molecule has 0 spiro atoms. The van der Waals surface area contributed by atoms with Gasteiger partial charge in [0, 0.05) is 32.8 Å². The highest BCUT2D eigenvalue weighted by atomic mass is 32.1. The first-order chi connectivity index (χ1) is 23.7. The van der Waals surface area contributed by atoms with Crippen LogP contribution in [0, 0.1) is 24.5 Å². The summed E-state index contributed by atoms with van der Waals surface area (Å²) < 4.78 is 5.94. The Morgan fingerprint density at radius 1 is 1.06 bits per heavy atom. The Labute approximate surface area is 299 Å². The van der Waals surface area contributed by atoms with E-state index in [1.54, 1.807) is 45.2 Å². The Morgan fingerprint density at radius 2 is 1.76 bits per heavy atom. The quantitative estimate of drug-likeness (QED) is 0.187. The summed E-state index contributed by atoms with van der Waals surface area (Å²) >= 11 is 1.26. The Bertz CT molecular complexity index is 1630.